The molecule has 0 amide bonds. The van der Waals surface area contributed by atoms with E-state index in [9.17, 15) is 13.2 Å². The SMILES string of the molecule is Cl.FC(F)(F)Oc1ccccc1-c1ccn(C2CCNCC2)n1. The molecule has 23 heavy (non-hydrogen) atoms. The van der Waals surface area contributed by atoms with Crippen molar-refractivity contribution in [1.82, 2.24) is 15.1 Å². The monoisotopic (exact) mass is 347 g/mol. The van der Waals surface area contributed by atoms with Gasteiger partial charge in [-0.15, -0.1) is 25.6 Å². The minimum absolute atomic E-state index is 0. The van der Waals surface area contributed by atoms with Gasteiger partial charge in [0.15, 0.2) is 0 Å². The third-order valence-electron chi connectivity index (χ3n) is 3.68. The normalized spacial score (nSPS) is 16.0. The Labute approximate surface area is 138 Å². The van der Waals surface area contributed by atoms with Crippen LogP contribution >= 0.6 is 12.4 Å². The van der Waals surface area contributed by atoms with Crippen LogP contribution in [0.5, 0.6) is 5.75 Å². The third-order valence-corrected chi connectivity index (χ3v) is 3.68. The summed E-state index contributed by atoms with van der Waals surface area (Å²) < 4.78 is 43.4. The van der Waals surface area contributed by atoms with Gasteiger partial charge in [-0.3, -0.25) is 4.68 Å². The quantitative estimate of drug-likeness (QED) is 0.918. The lowest BCUT2D eigenvalue weighted by atomic mass is 10.1. The number of benzene rings is 1. The van der Waals surface area contributed by atoms with Crippen molar-refractivity contribution in [3.8, 4) is 17.0 Å². The van der Waals surface area contributed by atoms with Crippen molar-refractivity contribution < 1.29 is 17.9 Å². The summed E-state index contributed by atoms with van der Waals surface area (Å²) in [5.74, 6) is -0.231. The minimum atomic E-state index is -4.71. The lowest BCUT2D eigenvalue weighted by molar-refractivity contribution is -0.274. The maximum atomic E-state index is 12.5. The highest BCUT2D eigenvalue weighted by molar-refractivity contribution is 5.85. The predicted octanol–water partition coefficient (Wildman–Crippen LogP) is 3.80. The molecule has 0 spiro atoms. The fourth-order valence-electron chi connectivity index (χ4n) is 2.65. The Bertz CT molecular complexity index is 639. The van der Waals surface area contributed by atoms with Gasteiger partial charge in [0.25, 0.3) is 0 Å². The lowest BCUT2D eigenvalue weighted by Crippen LogP contribution is -2.29. The van der Waals surface area contributed by atoms with E-state index in [0.29, 0.717) is 11.3 Å². The van der Waals surface area contributed by atoms with Crippen LogP contribution in [0.25, 0.3) is 11.3 Å². The molecule has 1 aliphatic heterocycles. The second-order valence-corrected chi connectivity index (χ2v) is 5.21. The van der Waals surface area contributed by atoms with Gasteiger partial charge < -0.3 is 10.1 Å². The number of alkyl halides is 3. The number of nitrogens with zero attached hydrogens (tertiary/aromatic N) is 2. The number of halogens is 4. The van der Waals surface area contributed by atoms with E-state index in [1.165, 1.54) is 12.1 Å². The zero-order chi connectivity index (χ0) is 15.6. The standard InChI is InChI=1S/C15H16F3N3O.ClH/c16-15(17,18)22-14-4-2-1-3-12(14)13-7-10-21(20-13)11-5-8-19-9-6-11;/h1-4,7,10-11,19H,5-6,8-9H2;1H. The predicted molar refractivity (Wildman–Crippen MR) is 82.7 cm³/mol. The molecule has 1 aromatic carbocycles. The van der Waals surface area contributed by atoms with Crippen molar-refractivity contribution in [3.63, 3.8) is 0 Å². The van der Waals surface area contributed by atoms with Crippen LogP contribution in [0.1, 0.15) is 18.9 Å². The summed E-state index contributed by atoms with van der Waals surface area (Å²) in [6.07, 6.45) is -0.979. The number of hydrogen-bond donors (Lipinski definition) is 1. The first-order chi connectivity index (χ1) is 10.5. The Morgan fingerprint density at radius 2 is 1.83 bits per heavy atom. The van der Waals surface area contributed by atoms with Crippen LogP contribution in [0, 0.1) is 0 Å². The van der Waals surface area contributed by atoms with Gasteiger partial charge in [-0.1, -0.05) is 12.1 Å². The van der Waals surface area contributed by atoms with Gasteiger partial charge in [0.05, 0.1) is 11.7 Å². The molecule has 1 aromatic heterocycles. The van der Waals surface area contributed by atoms with E-state index < -0.39 is 6.36 Å². The van der Waals surface area contributed by atoms with E-state index >= 15 is 0 Å². The average molecular weight is 348 g/mol. The van der Waals surface area contributed by atoms with Crippen LogP contribution in [0.2, 0.25) is 0 Å². The summed E-state index contributed by atoms with van der Waals surface area (Å²) in [5.41, 5.74) is 0.825. The molecule has 4 nitrogen and oxygen atoms in total. The van der Waals surface area contributed by atoms with E-state index in [-0.39, 0.29) is 24.2 Å². The van der Waals surface area contributed by atoms with Crippen LogP contribution in [0.3, 0.4) is 0 Å². The summed E-state index contributed by atoms with van der Waals surface area (Å²) in [5, 5.41) is 7.71. The van der Waals surface area contributed by atoms with Gasteiger partial charge in [-0.25, -0.2) is 0 Å². The fraction of sp³-hybridized carbons (Fsp3) is 0.400. The second-order valence-electron chi connectivity index (χ2n) is 5.21. The third kappa shape index (κ3) is 4.39. The van der Waals surface area contributed by atoms with Crippen molar-refractivity contribution in [1.29, 1.82) is 0 Å². The molecule has 2 aromatic rings. The molecule has 2 heterocycles. The van der Waals surface area contributed by atoms with E-state index in [0.717, 1.165) is 25.9 Å². The summed E-state index contributed by atoms with van der Waals surface area (Å²) >= 11 is 0. The molecule has 126 valence electrons. The van der Waals surface area contributed by atoms with Gasteiger partial charge >= 0.3 is 6.36 Å². The van der Waals surface area contributed by atoms with Crippen LogP contribution in [0.15, 0.2) is 36.5 Å². The van der Waals surface area contributed by atoms with Gasteiger partial charge in [0, 0.05) is 11.8 Å². The van der Waals surface area contributed by atoms with Crippen LogP contribution in [-0.4, -0.2) is 29.2 Å². The Balaban J connectivity index is 0.00000192. The van der Waals surface area contributed by atoms with Gasteiger partial charge in [0.2, 0.25) is 0 Å². The zero-order valence-electron chi connectivity index (χ0n) is 12.2. The first-order valence-corrected chi connectivity index (χ1v) is 7.14. The summed E-state index contributed by atoms with van der Waals surface area (Å²) in [6, 6.07) is 8.06. The maximum Gasteiger partial charge on any atom is 0.573 e. The Morgan fingerprint density at radius 3 is 2.52 bits per heavy atom. The molecular formula is C15H17ClF3N3O. The van der Waals surface area contributed by atoms with Crippen LogP contribution in [-0.2, 0) is 0 Å². The first kappa shape index (κ1) is 17.6. The number of rotatable bonds is 3. The number of piperidine rings is 1. The Hall–Kier alpha value is -1.73. The Morgan fingerprint density at radius 1 is 1.13 bits per heavy atom. The zero-order valence-corrected chi connectivity index (χ0v) is 13.0. The molecule has 0 radical (unpaired) electrons. The van der Waals surface area contributed by atoms with Crippen molar-refractivity contribution >= 4 is 12.4 Å². The molecule has 8 heteroatoms. The molecule has 1 fully saturated rings. The van der Waals surface area contributed by atoms with E-state index in [4.69, 9.17) is 0 Å². The van der Waals surface area contributed by atoms with Crippen molar-refractivity contribution in [2.75, 3.05) is 13.1 Å². The van der Waals surface area contributed by atoms with Gasteiger partial charge in [-0.2, -0.15) is 5.10 Å². The molecule has 0 saturated carbocycles. The number of aromatic nitrogens is 2. The second kappa shape index (κ2) is 7.23. The maximum absolute atomic E-state index is 12.5. The van der Waals surface area contributed by atoms with Crippen LogP contribution < -0.4 is 10.1 Å². The number of nitrogens with one attached hydrogen (secondary N) is 1. The van der Waals surface area contributed by atoms with E-state index in [1.807, 2.05) is 10.9 Å². The van der Waals surface area contributed by atoms with Crippen LogP contribution in [0.4, 0.5) is 13.2 Å². The number of para-hydroxylation sites is 1. The molecule has 0 aliphatic carbocycles. The van der Waals surface area contributed by atoms with Gasteiger partial charge in [0.1, 0.15) is 5.75 Å². The molecule has 0 unspecified atom stereocenters. The summed E-state index contributed by atoms with van der Waals surface area (Å²) in [4.78, 5) is 0. The van der Waals surface area contributed by atoms with Crippen molar-refractivity contribution in [2.24, 2.45) is 0 Å². The number of hydrogen-bond acceptors (Lipinski definition) is 3. The molecular weight excluding hydrogens is 331 g/mol. The fourth-order valence-corrected chi connectivity index (χ4v) is 2.65. The van der Waals surface area contributed by atoms with Crippen molar-refractivity contribution in [3.05, 3.63) is 36.5 Å². The van der Waals surface area contributed by atoms with Gasteiger partial charge in [-0.05, 0) is 44.1 Å². The van der Waals surface area contributed by atoms with E-state index in [2.05, 4.69) is 15.2 Å². The van der Waals surface area contributed by atoms with Crippen molar-refractivity contribution in [2.45, 2.75) is 25.2 Å². The molecule has 0 bridgehead atoms. The van der Waals surface area contributed by atoms with E-state index in [1.54, 1.807) is 18.2 Å². The molecule has 3 rings (SSSR count). The highest BCUT2D eigenvalue weighted by Gasteiger charge is 2.32. The first-order valence-electron chi connectivity index (χ1n) is 7.14. The smallest absolute Gasteiger partial charge is 0.405 e. The Kier molecular flexibility index (Phi) is 5.54. The largest absolute Gasteiger partial charge is 0.573 e. The highest BCUT2D eigenvalue weighted by atomic mass is 35.5. The molecule has 1 saturated heterocycles. The summed E-state index contributed by atoms with van der Waals surface area (Å²) in [6.45, 7) is 1.85. The number of ether oxygens (including phenoxy) is 1. The summed E-state index contributed by atoms with van der Waals surface area (Å²) in [7, 11) is 0. The highest BCUT2D eigenvalue weighted by Crippen LogP contribution is 2.33. The molecule has 1 aliphatic rings. The molecule has 0 atom stereocenters. The average Bonchev–Trinajstić information content (AvgIpc) is 2.97. The lowest BCUT2D eigenvalue weighted by Gasteiger charge is -2.22. The molecule has 1 N–H and O–H groups in total. The minimum Gasteiger partial charge on any atom is -0.405 e. The topological polar surface area (TPSA) is 39.1 Å².